The molecule has 2 N–H and O–H groups in total. The second-order valence-electron chi connectivity index (χ2n) is 5.01. The van der Waals surface area contributed by atoms with E-state index in [0.29, 0.717) is 24.4 Å². The molecule has 3 nitrogen and oxygen atoms in total. The Hall–Kier alpha value is -0.590. The van der Waals surface area contributed by atoms with Gasteiger partial charge in [-0.25, -0.2) is 0 Å². The molecule has 0 aromatic rings. The highest BCUT2D eigenvalue weighted by Crippen LogP contribution is 2.29. The maximum Gasteiger partial charge on any atom is 0.0625 e. The molecule has 1 aliphatic carbocycles. The van der Waals surface area contributed by atoms with Gasteiger partial charge in [0.15, 0.2) is 0 Å². The highest BCUT2D eigenvalue weighted by Gasteiger charge is 2.30. The van der Waals surface area contributed by atoms with E-state index in [1.807, 2.05) is 0 Å². The summed E-state index contributed by atoms with van der Waals surface area (Å²) in [6.07, 6.45) is 3.94. The molecule has 0 radical (unpaired) electrons. The molecule has 1 fully saturated rings. The van der Waals surface area contributed by atoms with Gasteiger partial charge in [-0.3, -0.25) is 0 Å². The Kier molecular flexibility index (Phi) is 4.56. The minimum atomic E-state index is 0.237. The van der Waals surface area contributed by atoms with Gasteiger partial charge >= 0.3 is 0 Å². The summed E-state index contributed by atoms with van der Waals surface area (Å²) in [5, 5.41) is 8.75. The van der Waals surface area contributed by atoms with Crippen LogP contribution in [0.25, 0.3) is 0 Å². The zero-order valence-electron chi connectivity index (χ0n) is 10.1. The molecular weight excluding hydrogens is 186 g/mol. The first kappa shape index (κ1) is 12.5. The zero-order valence-corrected chi connectivity index (χ0v) is 10.1. The van der Waals surface area contributed by atoms with E-state index in [9.17, 15) is 0 Å². The monoisotopic (exact) mass is 209 g/mol. The minimum Gasteiger partial charge on any atom is -0.327 e. The average molecular weight is 209 g/mol. The third kappa shape index (κ3) is 3.19. The van der Waals surface area contributed by atoms with E-state index in [0.717, 1.165) is 12.8 Å². The molecule has 1 saturated carbocycles. The van der Waals surface area contributed by atoms with Gasteiger partial charge in [0.05, 0.1) is 6.07 Å². The van der Waals surface area contributed by atoms with Crippen molar-refractivity contribution in [3.05, 3.63) is 0 Å². The highest BCUT2D eigenvalue weighted by molar-refractivity contribution is 4.91. The fourth-order valence-electron chi connectivity index (χ4n) is 2.41. The predicted octanol–water partition coefficient (Wildman–Crippen LogP) is 1.74. The molecule has 0 spiro atoms. The molecule has 0 bridgehead atoms. The van der Waals surface area contributed by atoms with Crippen molar-refractivity contribution in [3.8, 4) is 6.07 Å². The summed E-state index contributed by atoms with van der Waals surface area (Å²) in [6.45, 7) is 4.43. The second-order valence-corrected chi connectivity index (χ2v) is 5.01. The fourth-order valence-corrected chi connectivity index (χ4v) is 2.41. The molecule has 86 valence electrons. The summed E-state index contributed by atoms with van der Waals surface area (Å²) in [4.78, 5) is 2.41. The average Bonchev–Trinajstić information content (AvgIpc) is 2.20. The van der Waals surface area contributed by atoms with Crippen LogP contribution in [0.15, 0.2) is 0 Å². The number of hydrogen-bond donors (Lipinski definition) is 1. The van der Waals surface area contributed by atoms with Crippen molar-refractivity contribution in [3.63, 3.8) is 0 Å². The lowest BCUT2D eigenvalue weighted by molar-refractivity contribution is 0.119. The molecule has 0 aliphatic heterocycles. The van der Waals surface area contributed by atoms with Gasteiger partial charge in [0.25, 0.3) is 0 Å². The van der Waals surface area contributed by atoms with Gasteiger partial charge in [-0.1, -0.05) is 0 Å². The summed E-state index contributed by atoms with van der Waals surface area (Å²) in [6, 6.07) is 3.69. The van der Waals surface area contributed by atoms with Crippen LogP contribution >= 0.6 is 0 Å². The summed E-state index contributed by atoms with van der Waals surface area (Å²) in [5.74, 6) is 0.398. The summed E-state index contributed by atoms with van der Waals surface area (Å²) >= 11 is 0. The van der Waals surface area contributed by atoms with Gasteiger partial charge < -0.3 is 10.6 Å². The van der Waals surface area contributed by atoms with Crippen molar-refractivity contribution < 1.29 is 0 Å². The normalized spacial score (nSPS) is 31.9. The molecule has 3 heteroatoms. The Bertz CT molecular complexity index is 232. The Morgan fingerprint density at radius 3 is 2.67 bits per heavy atom. The summed E-state index contributed by atoms with van der Waals surface area (Å²) in [5.41, 5.74) is 6.03. The van der Waals surface area contributed by atoms with Crippen LogP contribution in [0, 0.1) is 17.2 Å². The van der Waals surface area contributed by atoms with E-state index in [4.69, 9.17) is 11.0 Å². The first-order valence-corrected chi connectivity index (χ1v) is 5.90. The van der Waals surface area contributed by atoms with Gasteiger partial charge in [0, 0.05) is 24.5 Å². The first-order valence-electron chi connectivity index (χ1n) is 5.90. The number of nitrogens with two attached hydrogens (primary N) is 1. The first-order chi connectivity index (χ1) is 7.06. The molecule has 0 unspecified atom stereocenters. The molecular formula is C12H23N3. The molecule has 0 aromatic heterocycles. The van der Waals surface area contributed by atoms with Gasteiger partial charge in [-0.15, -0.1) is 0 Å². The molecule has 0 aromatic carbocycles. The Morgan fingerprint density at radius 1 is 1.47 bits per heavy atom. The SMILES string of the molecule is CC(C)N(C)[C@@H]1CC[C@H](N)[C@H](CC#N)C1. The van der Waals surface area contributed by atoms with Crippen molar-refractivity contribution >= 4 is 0 Å². The molecule has 0 amide bonds. The third-order valence-electron chi connectivity index (χ3n) is 3.76. The smallest absolute Gasteiger partial charge is 0.0625 e. The second kappa shape index (κ2) is 5.48. The van der Waals surface area contributed by atoms with E-state index in [2.05, 4.69) is 31.9 Å². The molecule has 0 saturated heterocycles. The number of hydrogen-bond acceptors (Lipinski definition) is 3. The topological polar surface area (TPSA) is 53.0 Å². The van der Waals surface area contributed by atoms with Crippen molar-refractivity contribution in [2.24, 2.45) is 11.7 Å². The van der Waals surface area contributed by atoms with Crippen LogP contribution in [0.3, 0.4) is 0 Å². The van der Waals surface area contributed by atoms with Crippen molar-refractivity contribution in [1.29, 1.82) is 5.26 Å². The number of rotatable bonds is 3. The van der Waals surface area contributed by atoms with Crippen molar-refractivity contribution in [2.45, 2.75) is 57.7 Å². The predicted molar refractivity (Wildman–Crippen MR) is 62.2 cm³/mol. The van der Waals surface area contributed by atoms with Crippen LogP contribution < -0.4 is 5.73 Å². The molecule has 15 heavy (non-hydrogen) atoms. The lowest BCUT2D eigenvalue weighted by atomic mass is 9.80. The Morgan fingerprint density at radius 2 is 2.13 bits per heavy atom. The highest BCUT2D eigenvalue weighted by atomic mass is 15.1. The van der Waals surface area contributed by atoms with Crippen molar-refractivity contribution in [2.75, 3.05) is 7.05 Å². The maximum absolute atomic E-state index is 8.75. The summed E-state index contributed by atoms with van der Waals surface area (Å²) in [7, 11) is 2.18. The number of nitrogens with zero attached hydrogens (tertiary/aromatic N) is 2. The van der Waals surface area contributed by atoms with Gasteiger partial charge in [-0.05, 0) is 46.1 Å². The van der Waals surface area contributed by atoms with Gasteiger partial charge in [0.2, 0.25) is 0 Å². The van der Waals surface area contributed by atoms with Crippen LogP contribution in [0.5, 0.6) is 0 Å². The molecule has 0 heterocycles. The van der Waals surface area contributed by atoms with Gasteiger partial charge in [-0.2, -0.15) is 5.26 Å². The van der Waals surface area contributed by atoms with Crippen molar-refractivity contribution in [1.82, 2.24) is 4.90 Å². The quantitative estimate of drug-likeness (QED) is 0.770. The lowest BCUT2D eigenvalue weighted by Gasteiger charge is -2.39. The maximum atomic E-state index is 8.75. The van der Waals surface area contributed by atoms with Crippen LogP contribution in [-0.4, -0.2) is 30.1 Å². The molecule has 1 aliphatic rings. The molecule has 1 rings (SSSR count). The van der Waals surface area contributed by atoms with Crippen LogP contribution in [0.4, 0.5) is 0 Å². The zero-order chi connectivity index (χ0) is 11.4. The molecule has 3 atom stereocenters. The van der Waals surface area contributed by atoms with E-state index >= 15 is 0 Å². The fraction of sp³-hybridized carbons (Fsp3) is 0.917. The van der Waals surface area contributed by atoms with Crippen LogP contribution in [-0.2, 0) is 0 Å². The Labute approximate surface area is 93.2 Å². The summed E-state index contributed by atoms with van der Waals surface area (Å²) < 4.78 is 0. The third-order valence-corrected chi connectivity index (χ3v) is 3.76. The number of nitriles is 1. The van der Waals surface area contributed by atoms with Crippen LogP contribution in [0.2, 0.25) is 0 Å². The Balaban J connectivity index is 2.54. The van der Waals surface area contributed by atoms with E-state index in [1.54, 1.807) is 0 Å². The van der Waals surface area contributed by atoms with E-state index in [1.165, 1.54) is 6.42 Å². The standard InChI is InChI=1S/C12H23N3/c1-9(2)15(3)11-4-5-12(14)10(8-11)6-7-13/h9-12H,4-6,8,14H2,1-3H3/t10-,11-,12+/m1/s1. The van der Waals surface area contributed by atoms with E-state index < -0.39 is 0 Å². The van der Waals surface area contributed by atoms with E-state index in [-0.39, 0.29) is 6.04 Å². The largest absolute Gasteiger partial charge is 0.327 e. The van der Waals surface area contributed by atoms with Gasteiger partial charge in [0.1, 0.15) is 0 Å². The minimum absolute atomic E-state index is 0.237. The lowest BCUT2D eigenvalue weighted by Crippen LogP contribution is -2.46. The van der Waals surface area contributed by atoms with Crippen LogP contribution in [0.1, 0.15) is 39.5 Å².